The Hall–Kier alpha value is -1.57. The predicted octanol–water partition coefficient (Wildman–Crippen LogP) is 2.17. The zero-order chi connectivity index (χ0) is 15.3. The number of rotatable bonds is 7. The van der Waals surface area contributed by atoms with Crippen LogP contribution in [0, 0.1) is 0 Å². The van der Waals surface area contributed by atoms with Gasteiger partial charge in [0.2, 0.25) is 10.0 Å². The van der Waals surface area contributed by atoms with Gasteiger partial charge in [0.15, 0.2) is 0 Å². The third-order valence-electron chi connectivity index (χ3n) is 2.98. The molecule has 114 valence electrons. The predicted molar refractivity (Wildman–Crippen MR) is 85.9 cm³/mol. The zero-order valence-electron chi connectivity index (χ0n) is 11.7. The first-order valence-corrected chi connectivity index (χ1v) is 8.96. The molecule has 0 aliphatic rings. The molecule has 0 bridgehead atoms. The van der Waals surface area contributed by atoms with Crippen LogP contribution in [0.15, 0.2) is 41.1 Å². The van der Waals surface area contributed by atoms with Crippen LogP contribution in [0.1, 0.15) is 5.56 Å². The fourth-order valence-corrected chi connectivity index (χ4v) is 3.37. The van der Waals surface area contributed by atoms with E-state index in [-0.39, 0.29) is 12.4 Å². The fraction of sp³-hybridized carbons (Fsp3) is 0.286. The monoisotopic (exact) mass is 326 g/mol. The first-order valence-electron chi connectivity index (χ1n) is 6.41. The van der Waals surface area contributed by atoms with Gasteiger partial charge < -0.3 is 10.5 Å². The van der Waals surface area contributed by atoms with Gasteiger partial charge in [-0.15, -0.1) is 0 Å². The number of benzene rings is 1. The Morgan fingerprint density at radius 3 is 2.71 bits per heavy atom. The Morgan fingerprint density at radius 1 is 1.29 bits per heavy atom. The van der Waals surface area contributed by atoms with E-state index in [4.69, 9.17) is 10.5 Å². The quantitative estimate of drug-likeness (QED) is 0.792. The molecule has 2 aromatic rings. The number of thiophene rings is 1. The third kappa shape index (κ3) is 4.45. The van der Waals surface area contributed by atoms with E-state index >= 15 is 0 Å². The van der Waals surface area contributed by atoms with E-state index in [1.807, 2.05) is 16.8 Å². The molecular weight excluding hydrogens is 308 g/mol. The van der Waals surface area contributed by atoms with Gasteiger partial charge in [0.05, 0.1) is 11.4 Å². The lowest BCUT2D eigenvalue weighted by Gasteiger charge is -2.17. The van der Waals surface area contributed by atoms with E-state index in [9.17, 15) is 8.42 Å². The zero-order valence-corrected chi connectivity index (χ0v) is 13.4. The van der Waals surface area contributed by atoms with Crippen LogP contribution in [0.3, 0.4) is 0 Å². The number of nitrogens with zero attached hydrogens (tertiary/aromatic N) is 1. The van der Waals surface area contributed by atoms with E-state index in [1.165, 1.54) is 4.31 Å². The van der Waals surface area contributed by atoms with Crippen molar-refractivity contribution in [3.05, 3.63) is 46.7 Å². The maximum absolute atomic E-state index is 12.1. The number of nitrogen functional groups attached to an aromatic ring is 1. The molecule has 0 unspecified atom stereocenters. The van der Waals surface area contributed by atoms with Gasteiger partial charge in [0.1, 0.15) is 12.4 Å². The van der Waals surface area contributed by atoms with Gasteiger partial charge in [-0.1, -0.05) is 12.1 Å². The lowest BCUT2D eigenvalue weighted by molar-refractivity contribution is 0.338. The molecule has 21 heavy (non-hydrogen) atoms. The molecule has 1 aromatic carbocycles. The van der Waals surface area contributed by atoms with Crippen molar-refractivity contribution in [2.24, 2.45) is 0 Å². The van der Waals surface area contributed by atoms with E-state index in [1.54, 1.807) is 42.6 Å². The molecule has 0 aliphatic carbocycles. The normalized spacial score (nSPS) is 11.7. The van der Waals surface area contributed by atoms with E-state index < -0.39 is 10.0 Å². The van der Waals surface area contributed by atoms with Crippen molar-refractivity contribution < 1.29 is 13.2 Å². The minimum absolute atomic E-state index is 0.0739. The molecule has 0 spiro atoms. The van der Waals surface area contributed by atoms with Crippen molar-refractivity contribution in [2.45, 2.75) is 6.54 Å². The SMILES string of the molecule is CN(Cc1ccsc1)S(=O)(=O)CCOc1ccccc1N. The summed E-state index contributed by atoms with van der Waals surface area (Å²) in [5.41, 5.74) is 7.22. The van der Waals surface area contributed by atoms with Crippen molar-refractivity contribution in [2.75, 3.05) is 25.1 Å². The molecule has 5 nitrogen and oxygen atoms in total. The maximum atomic E-state index is 12.1. The number of anilines is 1. The summed E-state index contributed by atoms with van der Waals surface area (Å²) >= 11 is 1.55. The van der Waals surface area contributed by atoms with E-state index in [0.717, 1.165) is 5.56 Å². The summed E-state index contributed by atoms with van der Waals surface area (Å²) in [5.74, 6) is 0.426. The molecule has 0 amide bonds. The van der Waals surface area contributed by atoms with Gasteiger partial charge in [-0.25, -0.2) is 12.7 Å². The summed E-state index contributed by atoms with van der Waals surface area (Å²) in [6.45, 7) is 0.448. The molecule has 0 fully saturated rings. The highest BCUT2D eigenvalue weighted by Gasteiger charge is 2.18. The molecule has 0 radical (unpaired) electrons. The van der Waals surface area contributed by atoms with Crippen LogP contribution >= 0.6 is 11.3 Å². The molecular formula is C14H18N2O3S2. The molecule has 0 saturated heterocycles. The van der Waals surface area contributed by atoms with E-state index in [0.29, 0.717) is 18.0 Å². The van der Waals surface area contributed by atoms with Crippen molar-refractivity contribution >= 4 is 27.0 Å². The summed E-state index contributed by atoms with van der Waals surface area (Å²) in [5, 5.41) is 3.87. The minimum atomic E-state index is -3.35. The largest absolute Gasteiger partial charge is 0.490 e. The molecule has 2 rings (SSSR count). The smallest absolute Gasteiger partial charge is 0.217 e. The van der Waals surface area contributed by atoms with Crippen LogP contribution in [0.2, 0.25) is 0 Å². The molecule has 1 aromatic heterocycles. The first-order chi connectivity index (χ1) is 9.99. The van der Waals surface area contributed by atoms with Crippen LogP contribution in [-0.2, 0) is 16.6 Å². The number of sulfonamides is 1. The molecule has 1 heterocycles. The van der Waals surface area contributed by atoms with Gasteiger partial charge in [0.25, 0.3) is 0 Å². The van der Waals surface area contributed by atoms with Crippen LogP contribution in [0.5, 0.6) is 5.75 Å². The fourth-order valence-electron chi connectivity index (χ4n) is 1.76. The Labute approximate surface area is 129 Å². The Balaban J connectivity index is 1.88. The summed E-state index contributed by atoms with van der Waals surface area (Å²) in [4.78, 5) is 0. The third-order valence-corrected chi connectivity index (χ3v) is 5.47. The van der Waals surface area contributed by atoms with Gasteiger partial charge >= 0.3 is 0 Å². The van der Waals surface area contributed by atoms with Crippen LogP contribution in [0.4, 0.5) is 5.69 Å². The van der Waals surface area contributed by atoms with Crippen molar-refractivity contribution in [1.82, 2.24) is 4.31 Å². The Kier molecular flexibility index (Phi) is 5.22. The summed E-state index contributed by atoms with van der Waals surface area (Å²) in [7, 11) is -1.77. The average Bonchev–Trinajstić information content (AvgIpc) is 2.93. The van der Waals surface area contributed by atoms with Crippen LogP contribution < -0.4 is 10.5 Å². The second kappa shape index (κ2) is 6.93. The summed E-state index contributed by atoms with van der Waals surface area (Å²) < 4.78 is 31.1. The Bertz CT molecular complexity index is 669. The van der Waals surface area contributed by atoms with Crippen LogP contribution in [-0.4, -0.2) is 32.1 Å². The van der Waals surface area contributed by atoms with Gasteiger partial charge in [-0.05, 0) is 34.5 Å². The van der Waals surface area contributed by atoms with Gasteiger partial charge in [0, 0.05) is 13.6 Å². The summed E-state index contributed by atoms with van der Waals surface area (Å²) in [6.07, 6.45) is 0. The highest BCUT2D eigenvalue weighted by atomic mass is 32.2. The minimum Gasteiger partial charge on any atom is -0.490 e. The molecule has 0 saturated carbocycles. The van der Waals surface area contributed by atoms with Gasteiger partial charge in [-0.3, -0.25) is 0 Å². The standard InChI is InChI=1S/C14H18N2O3S2/c1-16(10-12-6-8-20-11-12)21(17,18)9-7-19-14-5-3-2-4-13(14)15/h2-6,8,11H,7,9-10,15H2,1H3. The number of para-hydroxylation sites is 2. The Morgan fingerprint density at radius 2 is 2.05 bits per heavy atom. The highest BCUT2D eigenvalue weighted by Crippen LogP contribution is 2.19. The molecule has 7 heteroatoms. The van der Waals surface area contributed by atoms with Gasteiger partial charge in [-0.2, -0.15) is 11.3 Å². The number of nitrogens with two attached hydrogens (primary N) is 1. The number of hydrogen-bond acceptors (Lipinski definition) is 5. The molecule has 2 N–H and O–H groups in total. The molecule has 0 atom stereocenters. The van der Waals surface area contributed by atoms with E-state index in [2.05, 4.69) is 0 Å². The topological polar surface area (TPSA) is 72.6 Å². The van der Waals surface area contributed by atoms with Crippen molar-refractivity contribution in [3.8, 4) is 5.75 Å². The lowest BCUT2D eigenvalue weighted by Crippen LogP contribution is -2.31. The van der Waals surface area contributed by atoms with Crippen molar-refractivity contribution in [1.29, 1.82) is 0 Å². The average molecular weight is 326 g/mol. The lowest BCUT2D eigenvalue weighted by atomic mass is 10.3. The summed E-state index contributed by atoms with van der Waals surface area (Å²) in [6, 6.07) is 8.94. The number of ether oxygens (including phenoxy) is 1. The second-order valence-corrected chi connectivity index (χ2v) is 7.57. The first kappa shape index (κ1) is 15.8. The number of hydrogen-bond donors (Lipinski definition) is 1. The second-order valence-electron chi connectivity index (χ2n) is 4.59. The van der Waals surface area contributed by atoms with Crippen molar-refractivity contribution in [3.63, 3.8) is 0 Å². The molecule has 0 aliphatic heterocycles. The highest BCUT2D eigenvalue weighted by molar-refractivity contribution is 7.89. The maximum Gasteiger partial charge on any atom is 0.217 e. The van der Waals surface area contributed by atoms with Crippen LogP contribution in [0.25, 0.3) is 0 Å².